The van der Waals surface area contributed by atoms with Gasteiger partial charge in [0.25, 0.3) is 0 Å². The highest BCUT2D eigenvalue weighted by molar-refractivity contribution is 7.13. The van der Waals surface area contributed by atoms with Crippen LogP contribution < -0.4 is 10.2 Å². The van der Waals surface area contributed by atoms with Crippen molar-refractivity contribution in [3.63, 3.8) is 0 Å². The molecule has 0 aliphatic heterocycles. The lowest BCUT2D eigenvalue weighted by Crippen LogP contribution is -2.29. The molecule has 1 heterocycles. The molecule has 3 aromatic rings. The van der Waals surface area contributed by atoms with E-state index in [0.29, 0.717) is 17.4 Å². The Kier molecular flexibility index (Phi) is 12.3. The van der Waals surface area contributed by atoms with E-state index < -0.39 is 0 Å². The minimum absolute atomic E-state index is 0.0790. The summed E-state index contributed by atoms with van der Waals surface area (Å²) in [7, 11) is 0. The summed E-state index contributed by atoms with van der Waals surface area (Å²) in [5.41, 5.74) is 0.995. The third-order valence-corrected chi connectivity index (χ3v) is 6.42. The van der Waals surface area contributed by atoms with Gasteiger partial charge in [-0.25, -0.2) is 0 Å². The van der Waals surface area contributed by atoms with Gasteiger partial charge in [0.1, 0.15) is 5.82 Å². The van der Waals surface area contributed by atoms with Crippen LogP contribution in [0.25, 0.3) is 10.1 Å². The molecule has 1 atom stereocenters. The lowest BCUT2D eigenvalue weighted by molar-refractivity contribution is -0.120. The molecule has 0 saturated carbocycles. The fraction of sp³-hybridized carbons (Fsp3) is 0.481. The molecule has 0 bridgehead atoms. The quantitative estimate of drug-likeness (QED) is 0.307. The number of carbonyl (C=O) groups is 1. The first-order valence-corrected chi connectivity index (χ1v) is 13.2. The van der Waals surface area contributed by atoms with Crippen LogP contribution in [0.15, 0.2) is 48.5 Å². The lowest BCUT2D eigenvalue weighted by atomic mass is 10.1. The Morgan fingerprint density at radius 2 is 1.70 bits per heavy atom. The number of rotatable bonds is 11. The van der Waals surface area contributed by atoms with Crippen molar-refractivity contribution in [2.75, 3.05) is 24.5 Å². The van der Waals surface area contributed by atoms with Gasteiger partial charge in [0, 0.05) is 30.0 Å². The summed E-state index contributed by atoms with van der Waals surface area (Å²) < 4.78 is 5.89. The fourth-order valence-electron chi connectivity index (χ4n) is 3.70. The van der Waals surface area contributed by atoms with Gasteiger partial charge in [0.2, 0.25) is 5.91 Å². The second-order valence-electron chi connectivity index (χ2n) is 8.49. The van der Waals surface area contributed by atoms with Gasteiger partial charge in [0.15, 0.2) is 0 Å². The maximum absolute atomic E-state index is 11.7. The Bertz CT molecular complexity index is 951. The van der Waals surface area contributed by atoms with Crippen LogP contribution in [-0.2, 0) is 11.2 Å². The van der Waals surface area contributed by atoms with E-state index in [0.717, 1.165) is 38.0 Å². The van der Waals surface area contributed by atoms with Crippen LogP contribution in [0.2, 0.25) is 5.02 Å². The third-order valence-electron chi connectivity index (χ3n) is 5.35. The van der Waals surface area contributed by atoms with Crippen LogP contribution in [0.5, 0.6) is 0 Å². The maximum Gasteiger partial charge on any atom is 0.224 e. The van der Waals surface area contributed by atoms with Crippen molar-refractivity contribution in [1.29, 1.82) is 0 Å². The highest BCUT2D eigenvalue weighted by Crippen LogP contribution is 2.29. The minimum Gasteiger partial charge on any atom is -0.356 e. The third kappa shape index (κ3) is 9.34. The van der Waals surface area contributed by atoms with Gasteiger partial charge < -0.3 is 10.2 Å². The van der Waals surface area contributed by atoms with Gasteiger partial charge in [0.05, 0.1) is 11.1 Å². The second-order valence-corrected chi connectivity index (χ2v) is 9.73. The number of nitrogens with zero attached hydrogens (tertiary/aromatic N) is 2. The van der Waals surface area contributed by atoms with Crippen LogP contribution in [-0.4, -0.2) is 29.9 Å². The van der Waals surface area contributed by atoms with E-state index >= 15 is 0 Å². The summed E-state index contributed by atoms with van der Waals surface area (Å²) in [5.74, 6) is 1.80. The predicted octanol–water partition coefficient (Wildman–Crippen LogP) is 7.36. The summed E-state index contributed by atoms with van der Waals surface area (Å²) in [6.45, 7) is 11.7. The Labute approximate surface area is 208 Å². The topological polar surface area (TPSA) is 45.2 Å². The molecule has 0 fully saturated rings. The molecule has 0 aliphatic carbocycles. The van der Waals surface area contributed by atoms with E-state index in [9.17, 15) is 4.79 Å². The summed E-state index contributed by atoms with van der Waals surface area (Å²) in [6.07, 6.45) is 5.09. The molecule has 0 radical (unpaired) electrons. The summed E-state index contributed by atoms with van der Waals surface area (Å²) in [6, 6.07) is 15.9. The number of aromatic nitrogens is 1. The van der Waals surface area contributed by atoms with Crippen LogP contribution in [0.4, 0.5) is 5.82 Å². The SMILES string of the molecule is CCCC(C)CNC(=O)Cc1ccc(Cl)cc1.CCCN(CCC)c1nsc2ccccc12. The van der Waals surface area contributed by atoms with Crippen molar-refractivity contribution in [2.24, 2.45) is 5.92 Å². The number of fused-ring (bicyclic) bond motifs is 1. The molecule has 1 unspecified atom stereocenters. The zero-order valence-corrected chi connectivity index (χ0v) is 22.0. The average Bonchev–Trinajstić information content (AvgIpc) is 3.24. The molecule has 1 N–H and O–H groups in total. The zero-order chi connectivity index (χ0) is 24.1. The number of hydrogen-bond acceptors (Lipinski definition) is 4. The molecular formula is C27H38ClN3OS. The highest BCUT2D eigenvalue weighted by atomic mass is 35.5. The van der Waals surface area contributed by atoms with Crippen molar-refractivity contribution in [3.8, 4) is 0 Å². The van der Waals surface area contributed by atoms with E-state index in [2.05, 4.69) is 66.6 Å². The molecule has 1 aromatic heterocycles. The van der Waals surface area contributed by atoms with Gasteiger partial charge in [-0.05, 0) is 66.5 Å². The molecule has 33 heavy (non-hydrogen) atoms. The molecule has 6 heteroatoms. The smallest absolute Gasteiger partial charge is 0.224 e. The summed E-state index contributed by atoms with van der Waals surface area (Å²) in [5, 5.41) is 4.96. The first kappa shape index (κ1) is 27.1. The van der Waals surface area contributed by atoms with Crippen molar-refractivity contribution in [3.05, 3.63) is 59.1 Å². The Morgan fingerprint density at radius 1 is 1.03 bits per heavy atom. The fourth-order valence-corrected chi connectivity index (χ4v) is 4.62. The summed E-state index contributed by atoms with van der Waals surface area (Å²) in [4.78, 5) is 14.1. The van der Waals surface area contributed by atoms with Gasteiger partial charge in [-0.1, -0.05) is 70.0 Å². The Morgan fingerprint density at radius 3 is 2.33 bits per heavy atom. The van der Waals surface area contributed by atoms with Gasteiger partial charge >= 0.3 is 0 Å². The normalized spacial score (nSPS) is 11.5. The van der Waals surface area contributed by atoms with E-state index in [1.54, 1.807) is 11.5 Å². The molecule has 1 amide bonds. The summed E-state index contributed by atoms with van der Waals surface area (Å²) >= 11 is 7.39. The van der Waals surface area contributed by atoms with Gasteiger partial charge in [-0.2, -0.15) is 4.37 Å². The van der Waals surface area contributed by atoms with Crippen molar-refractivity contribution >= 4 is 44.9 Å². The molecule has 0 saturated heterocycles. The Balaban J connectivity index is 0.000000234. The molecule has 3 rings (SSSR count). The first-order valence-electron chi connectivity index (χ1n) is 12.1. The average molecular weight is 488 g/mol. The number of nitrogens with one attached hydrogen (secondary N) is 1. The van der Waals surface area contributed by atoms with Crippen molar-refractivity contribution < 1.29 is 4.79 Å². The zero-order valence-electron chi connectivity index (χ0n) is 20.4. The first-order chi connectivity index (χ1) is 16.0. The molecule has 180 valence electrons. The number of hydrogen-bond donors (Lipinski definition) is 1. The minimum atomic E-state index is 0.0790. The molecule has 0 aliphatic rings. The van der Waals surface area contributed by atoms with E-state index in [1.807, 2.05) is 24.3 Å². The lowest BCUT2D eigenvalue weighted by Gasteiger charge is -2.21. The van der Waals surface area contributed by atoms with E-state index in [1.165, 1.54) is 28.7 Å². The number of amides is 1. The van der Waals surface area contributed by atoms with Crippen molar-refractivity contribution in [2.45, 2.75) is 59.8 Å². The van der Waals surface area contributed by atoms with Crippen molar-refractivity contribution in [1.82, 2.24) is 9.69 Å². The monoisotopic (exact) mass is 487 g/mol. The largest absolute Gasteiger partial charge is 0.356 e. The van der Waals surface area contributed by atoms with Gasteiger partial charge in [-0.15, -0.1) is 0 Å². The molecule has 4 nitrogen and oxygen atoms in total. The Hall–Kier alpha value is -2.11. The number of anilines is 1. The van der Waals surface area contributed by atoms with Gasteiger partial charge in [-0.3, -0.25) is 4.79 Å². The van der Waals surface area contributed by atoms with Crippen LogP contribution in [0, 0.1) is 5.92 Å². The van der Waals surface area contributed by atoms with E-state index in [4.69, 9.17) is 11.6 Å². The van der Waals surface area contributed by atoms with Crippen LogP contribution >= 0.6 is 23.1 Å². The maximum atomic E-state index is 11.7. The molecule has 0 spiro atoms. The van der Waals surface area contributed by atoms with Crippen LogP contribution in [0.1, 0.15) is 58.9 Å². The molecular weight excluding hydrogens is 450 g/mol. The highest BCUT2D eigenvalue weighted by Gasteiger charge is 2.12. The number of carbonyl (C=O) groups excluding carboxylic acids is 1. The standard InChI is InChI=1S/C14H20ClNO.C13H18N2S/c1-3-4-11(2)10-16-14(17)9-12-5-7-13(15)8-6-12;1-3-9-15(10-4-2)13-11-7-5-6-8-12(11)16-14-13/h5-8,11H,3-4,9-10H2,1-2H3,(H,16,17);5-8H,3-4,9-10H2,1-2H3. The number of benzene rings is 2. The second kappa shape index (κ2) is 14.9. The predicted molar refractivity (Wildman–Crippen MR) is 145 cm³/mol. The van der Waals surface area contributed by atoms with E-state index in [-0.39, 0.29) is 5.91 Å². The molecule has 2 aromatic carbocycles. The number of halogens is 1. The van der Waals surface area contributed by atoms with Crippen LogP contribution in [0.3, 0.4) is 0 Å².